The minimum Gasteiger partial charge on any atom is -0.301 e. The highest BCUT2D eigenvalue weighted by molar-refractivity contribution is 5.38. The van der Waals surface area contributed by atoms with Crippen molar-refractivity contribution in [2.24, 2.45) is 0 Å². The summed E-state index contributed by atoms with van der Waals surface area (Å²) in [6.07, 6.45) is 4.17. The largest absolute Gasteiger partial charge is 0.301 e. The number of aromatic nitrogens is 6. The lowest BCUT2D eigenvalue weighted by molar-refractivity contribution is 0.365. The van der Waals surface area contributed by atoms with Crippen LogP contribution >= 0.6 is 0 Å². The second-order valence-corrected chi connectivity index (χ2v) is 6.26. The van der Waals surface area contributed by atoms with Gasteiger partial charge >= 0.3 is 0 Å². The van der Waals surface area contributed by atoms with Gasteiger partial charge in [-0.3, -0.25) is 0 Å². The molecule has 4 rings (SSSR count). The second kappa shape index (κ2) is 6.16. The maximum absolute atomic E-state index is 4.56. The Morgan fingerprint density at radius 3 is 3.00 bits per heavy atom. The van der Waals surface area contributed by atoms with Gasteiger partial charge in [0.1, 0.15) is 11.6 Å². The van der Waals surface area contributed by atoms with Gasteiger partial charge in [-0.05, 0) is 38.3 Å². The second-order valence-electron chi connectivity index (χ2n) is 6.26. The first kappa shape index (κ1) is 15.0. The van der Waals surface area contributed by atoms with Crippen LogP contribution in [0.1, 0.15) is 41.8 Å². The van der Waals surface area contributed by atoms with Gasteiger partial charge in [-0.25, -0.2) is 14.3 Å². The summed E-state index contributed by atoms with van der Waals surface area (Å²) in [6.45, 7) is 5.64. The molecule has 2 aromatic heterocycles. The van der Waals surface area contributed by atoms with Crippen LogP contribution in [-0.2, 0) is 13.1 Å². The van der Waals surface area contributed by atoms with Gasteiger partial charge < -0.3 is 5.32 Å². The van der Waals surface area contributed by atoms with E-state index in [9.17, 15) is 0 Å². The molecule has 1 N–H and O–H groups in total. The van der Waals surface area contributed by atoms with Crippen molar-refractivity contribution < 1.29 is 0 Å². The van der Waals surface area contributed by atoms with Crippen LogP contribution in [0.25, 0.3) is 5.69 Å². The Labute approximate surface area is 140 Å². The Balaban J connectivity index is 1.47. The van der Waals surface area contributed by atoms with E-state index in [4.69, 9.17) is 0 Å². The zero-order chi connectivity index (χ0) is 16.5. The Morgan fingerprint density at radius 1 is 1.25 bits per heavy atom. The van der Waals surface area contributed by atoms with Gasteiger partial charge in [0.05, 0.1) is 23.6 Å². The van der Waals surface area contributed by atoms with E-state index in [0.717, 1.165) is 42.4 Å². The van der Waals surface area contributed by atoms with Crippen molar-refractivity contribution in [1.29, 1.82) is 0 Å². The predicted octanol–water partition coefficient (Wildman–Crippen LogP) is 2.10. The first-order chi connectivity index (χ1) is 11.7. The summed E-state index contributed by atoms with van der Waals surface area (Å²) in [5.41, 5.74) is 3.16. The van der Waals surface area contributed by atoms with Crippen LogP contribution < -0.4 is 5.32 Å². The molecular weight excluding hydrogens is 302 g/mol. The lowest BCUT2D eigenvalue weighted by atomic mass is 10.1. The van der Waals surface area contributed by atoms with E-state index in [0.29, 0.717) is 6.54 Å². The standard InChI is InChI=1S/C17H21N7/c1-12-6-3-4-8-16(12)24-11-14(20-22-24)10-18-15-7-5-9-23-17(15)19-13(2)21-23/h3-4,6,8,11,15,18H,5,7,9-10H2,1-2H3. The molecule has 0 saturated carbocycles. The van der Waals surface area contributed by atoms with Crippen LogP contribution in [0.5, 0.6) is 0 Å². The Hall–Kier alpha value is -2.54. The van der Waals surface area contributed by atoms with Crippen LogP contribution in [0.3, 0.4) is 0 Å². The molecule has 1 atom stereocenters. The maximum atomic E-state index is 4.56. The molecule has 124 valence electrons. The highest BCUT2D eigenvalue weighted by atomic mass is 15.4. The maximum Gasteiger partial charge on any atom is 0.147 e. The minimum atomic E-state index is 0.226. The number of para-hydroxylation sites is 1. The minimum absolute atomic E-state index is 0.226. The molecule has 7 nitrogen and oxygen atoms in total. The molecule has 0 fully saturated rings. The van der Waals surface area contributed by atoms with Crippen LogP contribution in [-0.4, -0.2) is 29.8 Å². The van der Waals surface area contributed by atoms with Gasteiger partial charge in [0.25, 0.3) is 0 Å². The molecule has 7 heteroatoms. The molecule has 0 aliphatic carbocycles. The molecule has 24 heavy (non-hydrogen) atoms. The van der Waals surface area contributed by atoms with E-state index in [-0.39, 0.29) is 6.04 Å². The molecule has 1 aliphatic heterocycles. The molecular formula is C17H21N7. The third kappa shape index (κ3) is 2.82. The smallest absolute Gasteiger partial charge is 0.147 e. The van der Waals surface area contributed by atoms with E-state index in [2.05, 4.69) is 38.7 Å². The molecule has 0 bridgehead atoms. The predicted molar refractivity (Wildman–Crippen MR) is 89.7 cm³/mol. The quantitative estimate of drug-likeness (QED) is 0.796. The number of aryl methyl sites for hydroxylation is 3. The Kier molecular flexibility index (Phi) is 3.86. The van der Waals surface area contributed by atoms with Crippen molar-refractivity contribution in [2.75, 3.05) is 0 Å². The Morgan fingerprint density at radius 2 is 2.12 bits per heavy atom. The molecule has 0 amide bonds. The molecule has 3 aromatic rings. The Bertz CT molecular complexity index is 848. The highest BCUT2D eigenvalue weighted by Crippen LogP contribution is 2.23. The third-order valence-corrected chi connectivity index (χ3v) is 4.41. The first-order valence-electron chi connectivity index (χ1n) is 8.32. The van der Waals surface area contributed by atoms with Crippen molar-refractivity contribution >= 4 is 0 Å². The molecule has 1 aromatic carbocycles. The zero-order valence-electron chi connectivity index (χ0n) is 14.0. The van der Waals surface area contributed by atoms with E-state index in [1.807, 2.05) is 40.7 Å². The fourth-order valence-electron chi connectivity index (χ4n) is 3.21. The van der Waals surface area contributed by atoms with E-state index in [1.54, 1.807) is 0 Å². The number of hydrogen-bond donors (Lipinski definition) is 1. The van der Waals surface area contributed by atoms with Crippen molar-refractivity contribution in [3.8, 4) is 5.69 Å². The van der Waals surface area contributed by atoms with Crippen molar-refractivity contribution in [3.05, 3.63) is 53.4 Å². The summed E-state index contributed by atoms with van der Waals surface area (Å²) >= 11 is 0. The van der Waals surface area contributed by atoms with Gasteiger partial charge in [-0.2, -0.15) is 5.10 Å². The summed E-state index contributed by atoms with van der Waals surface area (Å²) < 4.78 is 3.85. The van der Waals surface area contributed by atoms with Crippen molar-refractivity contribution in [2.45, 2.75) is 45.8 Å². The number of nitrogens with zero attached hydrogens (tertiary/aromatic N) is 6. The number of nitrogens with one attached hydrogen (secondary N) is 1. The van der Waals surface area contributed by atoms with E-state index >= 15 is 0 Å². The number of rotatable bonds is 4. The van der Waals surface area contributed by atoms with Crippen LogP contribution in [0.2, 0.25) is 0 Å². The normalized spacial score (nSPS) is 17.0. The summed E-state index contributed by atoms with van der Waals surface area (Å²) in [5.74, 6) is 1.87. The molecule has 1 unspecified atom stereocenters. The van der Waals surface area contributed by atoms with Crippen LogP contribution in [0.15, 0.2) is 30.5 Å². The number of fused-ring (bicyclic) bond motifs is 1. The molecule has 3 heterocycles. The zero-order valence-corrected chi connectivity index (χ0v) is 14.0. The third-order valence-electron chi connectivity index (χ3n) is 4.41. The summed E-state index contributed by atoms with van der Waals surface area (Å²) in [6, 6.07) is 8.39. The van der Waals surface area contributed by atoms with E-state index < -0.39 is 0 Å². The molecule has 0 radical (unpaired) electrons. The van der Waals surface area contributed by atoms with Crippen LogP contribution in [0.4, 0.5) is 0 Å². The van der Waals surface area contributed by atoms with Crippen LogP contribution in [0, 0.1) is 13.8 Å². The topological polar surface area (TPSA) is 73.5 Å². The first-order valence-corrected chi connectivity index (χ1v) is 8.32. The molecule has 0 spiro atoms. The number of hydrogen-bond acceptors (Lipinski definition) is 5. The van der Waals surface area contributed by atoms with Gasteiger partial charge in [0.2, 0.25) is 0 Å². The monoisotopic (exact) mass is 323 g/mol. The highest BCUT2D eigenvalue weighted by Gasteiger charge is 2.23. The summed E-state index contributed by atoms with van der Waals surface area (Å²) in [7, 11) is 0. The average molecular weight is 323 g/mol. The van der Waals surface area contributed by atoms with Crippen molar-refractivity contribution in [1.82, 2.24) is 35.1 Å². The molecule has 1 aliphatic rings. The average Bonchev–Trinajstić information content (AvgIpc) is 3.19. The lowest BCUT2D eigenvalue weighted by Crippen LogP contribution is -2.28. The summed E-state index contributed by atoms with van der Waals surface area (Å²) in [4.78, 5) is 4.56. The number of benzene rings is 1. The van der Waals surface area contributed by atoms with Gasteiger partial charge in [-0.15, -0.1) is 5.10 Å². The van der Waals surface area contributed by atoms with Gasteiger partial charge in [0, 0.05) is 13.1 Å². The summed E-state index contributed by atoms with van der Waals surface area (Å²) in [5, 5.41) is 16.5. The van der Waals surface area contributed by atoms with Gasteiger partial charge in [0.15, 0.2) is 0 Å². The fourth-order valence-corrected chi connectivity index (χ4v) is 3.21. The lowest BCUT2D eigenvalue weighted by Gasteiger charge is -2.22. The fraction of sp³-hybridized carbons (Fsp3) is 0.412. The molecule has 0 saturated heterocycles. The van der Waals surface area contributed by atoms with Crippen molar-refractivity contribution in [3.63, 3.8) is 0 Å². The SMILES string of the molecule is Cc1nc2n(n1)CCCC2NCc1cn(-c2ccccc2C)nn1. The van der Waals surface area contributed by atoms with Gasteiger partial charge in [-0.1, -0.05) is 23.4 Å². The van der Waals surface area contributed by atoms with E-state index in [1.165, 1.54) is 5.56 Å².